The van der Waals surface area contributed by atoms with Gasteiger partial charge in [0.25, 0.3) is 0 Å². The highest BCUT2D eigenvalue weighted by molar-refractivity contribution is 6.21. The Labute approximate surface area is 109 Å². The first-order chi connectivity index (χ1) is 9.09. The molecule has 1 aliphatic heterocycles. The highest BCUT2D eigenvalue weighted by Crippen LogP contribution is 2.32. The van der Waals surface area contributed by atoms with Crippen molar-refractivity contribution in [2.45, 2.75) is 0 Å². The van der Waals surface area contributed by atoms with E-state index in [0.29, 0.717) is 5.69 Å². The number of aromatic hydroxyl groups is 1. The lowest BCUT2D eigenvalue weighted by Crippen LogP contribution is -2.19. The van der Waals surface area contributed by atoms with Crippen molar-refractivity contribution in [2.75, 3.05) is 0 Å². The van der Waals surface area contributed by atoms with E-state index in [-0.39, 0.29) is 11.6 Å². The summed E-state index contributed by atoms with van der Waals surface area (Å²) in [5.74, 6) is -0.0437. The second kappa shape index (κ2) is 3.98. The normalized spacial score (nSPS) is 15.2. The molecule has 1 N–H and O–H groups in total. The number of allylic oxidation sites excluding steroid dienone is 1. The molecule has 0 radical (unpaired) electrons. The van der Waals surface area contributed by atoms with Crippen molar-refractivity contribution in [2.24, 2.45) is 19.1 Å². The maximum Gasteiger partial charge on any atom is 0.330 e. The van der Waals surface area contributed by atoms with Crippen molar-refractivity contribution in [1.29, 1.82) is 0 Å². The molecule has 2 heterocycles. The molecule has 0 fully saturated rings. The van der Waals surface area contributed by atoms with Crippen molar-refractivity contribution in [3.63, 3.8) is 0 Å². The molecular formula is C14H13N3O2. The zero-order valence-corrected chi connectivity index (χ0v) is 10.7. The van der Waals surface area contributed by atoms with Crippen molar-refractivity contribution in [3.8, 4) is 5.88 Å². The summed E-state index contributed by atoms with van der Waals surface area (Å²) in [5.41, 5.74) is 3.00. The number of aromatic nitrogens is 2. The van der Waals surface area contributed by atoms with Gasteiger partial charge in [0.2, 0.25) is 5.88 Å². The molecule has 5 nitrogen and oxygen atoms in total. The number of aliphatic imine (C=N–C) groups is 1. The fourth-order valence-corrected chi connectivity index (χ4v) is 2.20. The van der Waals surface area contributed by atoms with E-state index in [4.69, 9.17) is 0 Å². The van der Waals surface area contributed by atoms with Crippen LogP contribution < -0.4 is 5.69 Å². The van der Waals surface area contributed by atoms with Gasteiger partial charge in [-0.1, -0.05) is 18.2 Å². The average molecular weight is 255 g/mol. The predicted molar refractivity (Wildman–Crippen MR) is 74.8 cm³/mol. The van der Waals surface area contributed by atoms with Crippen molar-refractivity contribution < 1.29 is 5.11 Å². The summed E-state index contributed by atoms with van der Waals surface area (Å²) in [4.78, 5) is 16.0. The van der Waals surface area contributed by atoms with E-state index < -0.39 is 0 Å². The second-order valence-electron chi connectivity index (χ2n) is 4.48. The molecule has 0 saturated carbocycles. The van der Waals surface area contributed by atoms with Gasteiger partial charge in [-0.05, 0) is 12.1 Å². The molecule has 0 atom stereocenters. The fourth-order valence-electron chi connectivity index (χ4n) is 2.20. The van der Waals surface area contributed by atoms with Gasteiger partial charge in [-0.25, -0.2) is 4.79 Å². The number of rotatable bonds is 1. The molecule has 0 spiro atoms. The molecule has 0 amide bonds. The molecule has 1 aromatic carbocycles. The first-order valence-corrected chi connectivity index (χ1v) is 5.89. The van der Waals surface area contributed by atoms with Gasteiger partial charge in [-0.3, -0.25) is 14.1 Å². The van der Waals surface area contributed by atoms with E-state index in [1.165, 1.54) is 16.2 Å². The number of nitrogens with zero attached hydrogens (tertiary/aromatic N) is 3. The molecule has 1 aliphatic rings. The molecule has 0 bridgehead atoms. The molecule has 5 heteroatoms. The minimum Gasteiger partial charge on any atom is -0.493 e. The summed E-state index contributed by atoms with van der Waals surface area (Å²) < 4.78 is 2.63. The van der Waals surface area contributed by atoms with E-state index in [1.54, 1.807) is 19.3 Å². The maximum absolute atomic E-state index is 11.7. The molecule has 19 heavy (non-hydrogen) atoms. The third kappa shape index (κ3) is 1.62. The smallest absolute Gasteiger partial charge is 0.330 e. The van der Waals surface area contributed by atoms with Gasteiger partial charge in [0.1, 0.15) is 5.69 Å². The van der Waals surface area contributed by atoms with E-state index in [2.05, 4.69) is 4.99 Å². The topological polar surface area (TPSA) is 59.5 Å². The average Bonchev–Trinajstić information content (AvgIpc) is 2.91. The summed E-state index contributed by atoms with van der Waals surface area (Å²) in [6, 6.07) is 7.75. The SMILES string of the molecule is Cn1c(O)c(/C=C2\C=Nc3ccccc32)n(C)c1=O. The van der Waals surface area contributed by atoms with Crippen LogP contribution in [-0.4, -0.2) is 20.5 Å². The standard InChI is InChI=1S/C14H13N3O2/c1-16-12(13(18)17(2)14(16)19)7-9-8-15-11-6-4-3-5-10(9)11/h3-8,18H,1-2H3/b9-7+. The lowest BCUT2D eigenvalue weighted by Gasteiger charge is -2.00. The summed E-state index contributed by atoms with van der Waals surface area (Å²) in [6.45, 7) is 0. The molecule has 0 unspecified atom stereocenters. The van der Waals surface area contributed by atoms with Crippen LogP contribution >= 0.6 is 0 Å². The number of para-hydroxylation sites is 1. The number of fused-ring (bicyclic) bond motifs is 1. The largest absolute Gasteiger partial charge is 0.493 e. The highest BCUT2D eigenvalue weighted by atomic mass is 16.3. The Balaban J connectivity index is 2.18. The van der Waals surface area contributed by atoms with E-state index in [1.807, 2.05) is 24.3 Å². The Hall–Kier alpha value is -2.56. The zero-order valence-electron chi connectivity index (χ0n) is 10.7. The Bertz CT molecular complexity index is 778. The van der Waals surface area contributed by atoms with E-state index in [0.717, 1.165) is 16.8 Å². The Morgan fingerprint density at radius 3 is 2.63 bits per heavy atom. The van der Waals surface area contributed by atoms with Gasteiger partial charge in [0.05, 0.1) is 5.69 Å². The van der Waals surface area contributed by atoms with Gasteiger partial charge in [-0.2, -0.15) is 0 Å². The van der Waals surface area contributed by atoms with Crippen LogP contribution in [-0.2, 0) is 14.1 Å². The number of benzene rings is 1. The fraction of sp³-hybridized carbons (Fsp3) is 0.143. The van der Waals surface area contributed by atoms with Crippen LogP contribution in [0.5, 0.6) is 5.88 Å². The molecular weight excluding hydrogens is 242 g/mol. The van der Waals surface area contributed by atoms with Crippen LogP contribution in [0.3, 0.4) is 0 Å². The molecule has 0 aliphatic carbocycles. The van der Waals surface area contributed by atoms with Crippen molar-refractivity contribution in [3.05, 3.63) is 46.0 Å². The van der Waals surface area contributed by atoms with Crippen LogP contribution in [0.2, 0.25) is 0 Å². The minimum atomic E-state index is -0.257. The molecule has 3 rings (SSSR count). The molecule has 0 saturated heterocycles. The Morgan fingerprint density at radius 2 is 1.95 bits per heavy atom. The number of hydrogen-bond acceptors (Lipinski definition) is 3. The van der Waals surface area contributed by atoms with Gasteiger partial charge in [-0.15, -0.1) is 0 Å². The third-order valence-electron chi connectivity index (χ3n) is 3.33. The lowest BCUT2D eigenvalue weighted by atomic mass is 10.1. The van der Waals surface area contributed by atoms with Crippen molar-refractivity contribution in [1.82, 2.24) is 9.13 Å². The predicted octanol–water partition coefficient (Wildman–Crippen LogP) is 1.69. The Morgan fingerprint density at radius 1 is 1.21 bits per heavy atom. The first-order valence-electron chi connectivity index (χ1n) is 5.89. The third-order valence-corrected chi connectivity index (χ3v) is 3.33. The summed E-state index contributed by atoms with van der Waals surface area (Å²) in [5, 5.41) is 9.96. The van der Waals surface area contributed by atoms with Crippen LogP contribution in [0.15, 0.2) is 34.1 Å². The zero-order chi connectivity index (χ0) is 13.6. The highest BCUT2D eigenvalue weighted by Gasteiger charge is 2.16. The monoisotopic (exact) mass is 255 g/mol. The van der Waals surface area contributed by atoms with E-state index >= 15 is 0 Å². The van der Waals surface area contributed by atoms with Crippen molar-refractivity contribution >= 4 is 23.6 Å². The molecule has 96 valence electrons. The van der Waals surface area contributed by atoms with E-state index in [9.17, 15) is 9.90 Å². The quantitative estimate of drug-likeness (QED) is 0.843. The van der Waals surface area contributed by atoms with Crippen LogP contribution in [0.4, 0.5) is 5.69 Å². The maximum atomic E-state index is 11.7. The minimum absolute atomic E-state index is 0.0437. The lowest BCUT2D eigenvalue weighted by molar-refractivity contribution is 0.428. The number of imidazole rings is 1. The summed E-state index contributed by atoms with van der Waals surface area (Å²) >= 11 is 0. The summed E-state index contributed by atoms with van der Waals surface area (Å²) in [7, 11) is 3.17. The van der Waals surface area contributed by atoms with Gasteiger partial charge in [0, 0.05) is 31.4 Å². The van der Waals surface area contributed by atoms with Gasteiger partial charge in [0.15, 0.2) is 0 Å². The van der Waals surface area contributed by atoms with Crippen LogP contribution in [0, 0.1) is 0 Å². The first kappa shape index (κ1) is 11.5. The van der Waals surface area contributed by atoms with Crippen LogP contribution in [0.1, 0.15) is 11.3 Å². The molecule has 2 aromatic rings. The van der Waals surface area contributed by atoms with Gasteiger partial charge >= 0.3 is 5.69 Å². The Kier molecular flexibility index (Phi) is 2.41. The van der Waals surface area contributed by atoms with Gasteiger partial charge < -0.3 is 5.11 Å². The van der Waals surface area contributed by atoms with Crippen LogP contribution in [0.25, 0.3) is 11.6 Å². The molecule has 1 aromatic heterocycles. The summed E-state index contributed by atoms with van der Waals surface area (Å²) in [6.07, 6.45) is 3.51. The second-order valence-corrected chi connectivity index (χ2v) is 4.48. The number of hydrogen-bond donors (Lipinski definition) is 1.